The Bertz CT molecular complexity index is 979. The first-order valence-electron chi connectivity index (χ1n) is 9.88. The molecule has 0 radical (unpaired) electrons. The predicted molar refractivity (Wildman–Crippen MR) is 113 cm³/mol. The Labute approximate surface area is 173 Å². The van der Waals surface area contributed by atoms with Gasteiger partial charge >= 0.3 is 0 Å². The summed E-state index contributed by atoms with van der Waals surface area (Å²) in [6.07, 6.45) is 8.35. The second-order valence-corrected chi connectivity index (χ2v) is 8.51. The molecule has 4 rings (SSSR count). The summed E-state index contributed by atoms with van der Waals surface area (Å²) in [7, 11) is 0. The van der Waals surface area contributed by atoms with Crippen LogP contribution in [0.1, 0.15) is 52.5 Å². The Morgan fingerprint density at radius 1 is 1.31 bits per heavy atom. The van der Waals surface area contributed by atoms with E-state index < -0.39 is 5.91 Å². The molecule has 29 heavy (non-hydrogen) atoms. The molecule has 1 aliphatic heterocycles. The molecule has 1 atom stereocenters. The van der Waals surface area contributed by atoms with Gasteiger partial charge in [-0.05, 0) is 54.5 Å². The number of anilines is 1. The molecule has 0 spiro atoms. The number of amides is 2. The first-order chi connectivity index (χ1) is 14.0. The second kappa shape index (κ2) is 8.29. The van der Waals surface area contributed by atoms with Crippen molar-refractivity contribution in [2.24, 2.45) is 11.7 Å². The van der Waals surface area contributed by atoms with Crippen molar-refractivity contribution in [3.8, 4) is 11.5 Å². The lowest BCUT2D eigenvalue weighted by molar-refractivity contribution is -0.111. The highest BCUT2D eigenvalue weighted by molar-refractivity contribution is 7.17. The minimum atomic E-state index is -0.480. The van der Waals surface area contributed by atoms with Gasteiger partial charge < -0.3 is 20.5 Å². The Hall–Kier alpha value is -2.80. The van der Waals surface area contributed by atoms with E-state index in [1.165, 1.54) is 28.7 Å². The van der Waals surface area contributed by atoms with E-state index in [9.17, 15) is 9.59 Å². The van der Waals surface area contributed by atoms with E-state index in [0.29, 0.717) is 28.0 Å². The molecule has 6 nitrogen and oxygen atoms in total. The van der Waals surface area contributed by atoms with Crippen molar-refractivity contribution in [3.63, 3.8) is 0 Å². The molecule has 1 aliphatic carbocycles. The Morgan fingerprint density at radius 3 is 2.93 bits per heavy atom. The minimum absolute atomic E-state index is 0.209. The highest BCUT2D eigenvalue weighted by Gasteiger charge is 2.28. The fourth-order valence-electron chi connectivity index (χ4n) is 4.00. The molecule has 0 fully saturated rings. The summed E-state index contributed by atoms with van der Waals surface area (Å²) in [4.78, 5) is 25.7. The molecule has 3 N–H and O–H groups in total. The van der Waals surface area contributed by atoms with Crippen LogP contribution in [-0.4, -0.2) is 18.6 Å². The lowest BCUT2D eigenvalue weighted by atomic mass is 9.84. The monoisotopic (exact) mass is 412 g/mol. The van der Waals surface area contributed by atoms with Crippen LogP contribution in [0.25, 0.3) is 6.08 Å². The Morgan fingerprint density at radius 2 is 2.14 bits per heavy atom. The molecule has 2 heterocycles. The van der Waals surface area contributed by atoms with Crippen molar-refractivity contribution < 1.29 is 19.1 Å². The van der Waals surface area contributed by atoms with Gasteiger partial charge in [-0.25, -0.2) is 0 Å². The number of nitrogens with two attached hydrogens (primary N) is 1. The summed E-state index contributed by atoms with van der Waals surface area (Å²) >= 11 is 1.48. The maximum Gasteiger partial charge on any atom is 0.251 e. The van der Waals surface area contributed by atoms with E-state index in [4.69, 9.17) is 15.2 Å². The van der Waals surface area contributed by atoms with Crippen LogP contribution in [0.2, 0.25) is 0 Å². The zero-order valence-electron chi connectivity index (χ0n) is 16.3. The van der Waals surface area contributed by atoms with E-state index in [0.717, 1.165) is 36.8 Å². The number of benzene rings is 1. The summed E-state index contributed by atoms with van der Waals surface area (Å²) in [6, 6.07) is 5.48. The summed E-state index contributed by atoms with van der Waals surface area (Å²) in [5.74, 6) is 1.22. The highest BCUT2D eigenvalue weighted by Crippen LogP contribution is 2.40. The normalized spacial score (nSPS) is 17.3. The minimum Gasteiger partial charge on any atom is -0.454 e. The summed E-state index contributed by atoms with van der Waals surface area (Å²) in [5.41, 5.74) is 7.96. The SMILES string of the molecule is CCC[C@@H]1CCc2c(sc(NC(=O)/C=C/c3ccc4c(c3)OCO4)c2C(N)=O)C1. The van der Waals surface area contributed by atoms with Crippen LogP contribution >= 0.6 is 11.3 Å². The standard InChI is InChI=1S/C22H24N2O4S/c1-2-3-13-4-7-15-18(11-13)29-22(20(15)21(23)26)24-19(25)9-6-14-5-8-16-17(10-14)28-12-27-16/h5-6,8-10,13H,2-4,7,11-12H2,1H3,(H2,23,26)(H,24,25)/b9-6+/t13-/m1/s1. The van der Waals surface area contributed by atoms with Crippen molar-refractivity contribution >= 4 is 34.2 Å². The average molecular weight is 413 g/mol. The number of thiophene rings is 1. The topological polar surface area (TPSA) is 90.7 Å². The molecular weight excluding hydrogens is 388 g/mol. The summed E-state index contributed by atoms with van der Waals surface area (Å²) < 4.78 is 10.6. The molecule has 0 saturated carbocycles. The lowest BCUT2D eigenvalue weighted by Crippen LogP contribution is -2.19. The van der Waals surface area contributed by atoms with Crippen LogP contribution in [0.15, 0.2) is 24.3 Å². The van der Waals surface area contributed by atoms with E-state index >= 15 is 0 Å². The number of carbonyl (C=O) groups excluding carboxylic acids is 2. The van der Waals surface area contributed by atoms with Gasteiger partial charge in [0.2, 0.25) is 12.7 Å². The summed E-state index contributed by atoms with van der Waals surface area (Å²) in [5, 5.41) is 3.41. The molecule has 7 heteroatoms. The van der Waals surface area contributed by atoms with Gasteiger partial charge in [-0.15, -0.1) is 11.3 Å². The van der Waals surface area contributed by atoms with Crippen molar-refractivity contribution in [2.75, 3.05) is 12.1 Å². The van der Waals surface area contributed by atoms with Gasteiger partial charge in [-0.1, -0.05) is 25.8 Å². The second-order valence-electron chi connectivity index (χ2n) is 7.40. The quantitative estimate of drug-likeness (QED) is 0.698. The number of rotatable bonds is 6. The van der Waals surface area contributed by atoms with Crippen molar-refractivity contribution in [1.82, 2.24) is 0 Å². The van der Waals surface area contributed by atoms with E-state index in [2.05, 4.69) is 12.2 Å². The zero-order valence-corrected chi connectivity index (χ0v) is 17.1. The van der Waals surface area contributed by atoms with Crippen LogP contribution in [0.4, 0.5) is 5.00 Å². The number of primary amides is 1. The third-order valence-electron chi connectivity index (χ3n) is 5.37. The number of hydrogen-bond acceptors (Lipinski definition) is 5. The van der Waals surface area contributed by atoms with E-state index in [-0.39, 0.29) is 12.7 Å². The molecular formula is C22H24N2O4S. The molecule has 2 aromatic rings. The van der Waals surface area contributed by atoms with Crippen molar-refractivity contribution in [1.29, 1.82) is 0 Å². The fraction of sp³-hybridized carbons (Fsp3) is 0.364. The fourth-order valence-corrected chi connectivity index (χ4v) is 5.37. The molecule has 1 aromatic carbocycles. The van der Waals surface area contributed by atoms with Crippen molar-refractivity contribution in [3.05, 3.63) is 45.8 Å². The molecule has 0 saturated heterocycles. The van der Waals surface area contributed by atoms with Gasteiger partial charge in [0.05, 0.1) is 5.56 Å². The van der Waals surface area contributed by atoms with E-state index in [1.54, 1.807) is 6.08 Å². The zero-order chi connectivity index (χ0) is 20.4. The van der Waals surface area contributed by atoms with Gasteiger partial charge in [-0.3, -0.25) is 9.59 Å². The van der Waals surface area contributed by atoms with Crippen LogP contribution in [0.5, 0.6) is 11.5 Å². The average Bonchev–Trinajstić information content (AvgIpc) is 3.29. The molecule has 2 amide bonds. The number of ether oxygens (including phenoxy) is 2. The number of hydrogen-bond donors (Lipinski definition) is 2. The Kier molecular flexibility index (Phi) is 5.58. The maximum atomic E-state index is 12.5. The largest absolute Gasteiger partial charge is 0.454 e. The molecule has 1 aromatic heterocycles. The molecule has 2 aliphatic rings. The van der Waals surface area contributed by atoms with Crippen LogP contribution in [0.3, 0.4) is 0 Å². The molecule has 0 unspecified atom stereocenters. The lowest BCUT2D eigenvalue weighted by Gasteiger charge is -2.21. The third-order valence-corrected chi connectivity index (χ3v) is 6.54. The van der Waals surface area contributed by atoms with Crippen LogP contribution < -0.4 is 20.5 Å². The maximum absolute atomic E-state index is 12.5. The first kappa shape index (κ1) is 19.5. The Balaban J connectivity index is 1.50. The molecule has 152 valence electrons. The van der Waals surface area contributed by atoms with Crippen LogP contribution in [-0.2, 0) is 17.6 Å². The highest BCUT2D eigenvalue weighted by atomic mass is 32.1. The van der Waals surface area contributed by atoms with Gasteiger partial charge in [-0.2, -0.15) is 0 Å². The summed E-state index contributed by atoms with van der Waals surface area (Å²) in [6.45, 7) is 2.40. The number of fused-ring (bicyclic) bond motifs is 2. The van der Waals surface area contributed by atoms with Gasteiger partial charge in [0.15, 0.2) is 11.5 Å². The van der Waals surface area contributed by atoms with Gasteiger partial charge in [0, 0.05) is 11.0 Å². The van der Waals surface area contributed by atoms with Crippen LogP contribution in [0, 0.1) is 5.92 Å². The predicted octanol–water partition coefficient (Wildman–Crippen LogP) is 4.13. The van der Waals surface area contributed by atoms with Gasteiger partial charge in [0.25, 0.3) is 5.91 Å². The third kappa shape index (κ3) is 4.15. The van der Waals surface area contributed by atoms with E-state index in [1.807, 2.05) is 18.2 Å². The number of carbonyl (C=O) groups is 2. The number of nitrogens with one attached hydrogen (secondary N) is 1. The smallest absolute Gasteiger partial charge is 0.251 e. The molecule has 0 bridgehead atoms. The van der Waals surface area contributed by atoms with Gasteiger partial charge in [0.1, 0.15) is 5.00 Å². The first-order valence-corrected chi connectivity index (χ1v) is 10.7. The van der Waals surface area contributed by atoms with Crippen molar-refractivity contribution in [2.45, 2.75) is 39.0 Å².